The summed E-state index contributed by atoms with van der Waals surface area (Å²) in [6.07, 6.45) is 6.09. The molecule has 0 aliphatic carbocycles. The highest BCUT2D eigenvalue weighted by Crippen LogP contribution is 2.28. The quantitative estimate of drug-likeness (QED) is 0.610. The van der Waals surface area contributed by atoms with Crippen molar-refractivity contribution < 1.29 is 9.53 Å². The fraction of sp³-hybridized carbons (Fsp3) is 0.700. The number of piperidine rings is 1. The van der Waals surface area contributed by atoms with Crippen LogP contribution in [-0.2, 0) is 9.53 Å². The van der Waals surface area contributed by atoms with E-state index in [0.717, 1.165) is 19.5 Å². The molecule has 0 spiro atoms. The number of ketones is 1. The van der Waals surface area contributed by atoms with Crippen molar-refractivity contribution in [2.75, 3.05) is 13.1 Å². The van der Waals surface area contributed by atoms with Gasteiger partial charge < -0.3 is 4.74 Å². The summed E-state index contributed by atoms with van der Waals surface area (Å²) < 4.78 is 5.55. The van der Waals surface area contributed by atoms with Crippen molar-refractivity contribution in [2.45, 2.75) is 31.9 Å². The van der Waals surface area contributed by atoms with Crippen LogP contribution in [0.3, 0.4) is 0 Å². The molecule has 1 saturated heterocycles. The molecule has 0 aromatic rings. The highest BCUT2D eigenvalue weighted by atomic mass is 16.5. The van der Waals surface area contributed by atoms with Crippen LogP contribution in [0.2, 0.25) is 0 Å². The lowest BCUT2D eigenvalue weighted by Gasteiger charge is -2.39. The van der Waals surface area contributed by atoms with Crippen molar-refractivity contribution in [2.24, 2.45) is 0 Å². The molecular formula is C10H15NO2. The van der Waals surface area contributed by atoms with Gasteiger partial charge in [0.2, 0.25) is 0 Å². The van der Waals surface area contributed by atoms with Crippen molar-refractivity contribution >= 4 is 5.78 Å². The average molecular weight is 181 g/mol. The lowest BCUT2D eigenvalue weighted by Crippen LogP contribution is -2.49. The van der Waals surface area contributed by atoms with Gasteiger partial charge in [0.1, 0.15) is 5.78 Å². The SMILES string of the molecule is CC1(N2CCC(=O)CC2)CC=CO1. The fourth-order valence-corrected chi connectivity index (χ4v) is 1.94. The maximum Gasteiger partial charge on any atom is 0.163 e. The second-order valence-electron chi connectivity index (χ2n) is 3.89. The molecule has 0 saturated carbocycles. The molecule has 0 aromatic heterocycles. The number of carbonyl (C=O) groups is 1. The van der Waals surface area contributed by atoms with Gasteiger partial charge in [0.25, 0.3) is 0 Å². The molecular weight excluding hydrogens is 166 g/mol. The van der Waals surface area contributed by atoms with Gasteiger partial charge in [-0.25, -0.2) is 0 Å². The van der Waals surface area contributed by atoms with Crippen molar-refractivity contribution in [1.82, 2.24) is 4.90 Å². The Hall–Kier alpha value is -0.830. The molecule has 13 heavy (non-hydrogen) atoms. The van der Waals surface area contributed by atoms with E-state index in [1.807, 2.05) is 6.08 Å². The van der Waals surface area contributed by atoms with E-state index in [1.165, 1.54) is 0 Å². The number of hydrogen-bond donors (Lipinski definition) is 0. The van der Waals surface area contributed by atoms with Gasteiger partial charge >= 0.3 is 0 Å². The summed E-state index contributed by atoms with van der Waals surface area (Å²) in [5.41, 5.74) is -0.180. The van der Waals surface area contributed by atoms with Crippen LogP contribution in [0.1, 0.15) is 26.2 Å². The molecule has 0 aromatic carbocycles. The van der Waals surface area contributed by atoms with Crippen LogP contribution >= 0.6 is 0 Å². The third kappa shape index (κ3) is 1.61. The van der Waals surface area contributed by atoms with E-state index in [-0.39, 0.29) is 5.72 Å². The summed E-state index contributed by atoms with van der Waals surface area (Å²) in [4.78, 5) is 13.3. The van der Waals surface area contributed by atoms with Crippen molar-refractivity contribution in [3.63, 3.8) is 0 Å². The minimum Gasteiger partial charge on any atom is -0.480 e. The predicted octanol–water partition coefficient (Wildman–Crippen LogP) is 1.30. The average Bonchev–Trinajstić information content (AvgIpc) is 2.54. The topological polar surface area (TPSA) is 29.5 Å². The molecule has 2 aliphatic rings. The van der Waals surface area contributed by atoms with Crippen LogP contribution in [0.15, 0.2) is 12.3 Å². The minimum absolute atomic E-state index is 0.180. The summed E-state index contributed by atoms with van der Waals surface area (Å²) in [5.74, 6) is 0.380. The number of rotatable bonds is 1. The molecule has 0 radical (unpaired) electrons. The zero-order valence-corrected chi connectivity index (χ0v) is 7.95. The van der Waals surface area contributed by atoms with Gasteiger partial charge in [-0.05, 0) is 13.0 Å². The van der Waals surface area contributed by atoms with Gasteiger partial charge in [-0.2, -0.15) is 0 Å². The van der Waals surface area contributed by atoms with Gasteiger partial charge in [-0.15, -0.1) is 0 Å². The van der Waals surface area contributed by atoms with Crippen LogP contribution in [0, 0.1) is 0 Å². The molecule has 0 N–H and O–H groups in total. The van der Waals surface area contributed by atoms with E-state index in [1.54, 1.807) is 6.26 Å². The Balaban J connectivity index is 1.97. The molecule has 72 valence electrons. The first-order valence-electron chi connectivity index (χ1n) is 4.80. The van der Waals surface area contributed by atoms with Crippen molar-refractivity contribution in [1.29, 1.82) is 0 Å². The number of nitrogens with zero attached hydrogens (tertiary/aromatic N) is 1. The van der Waals surface area contributed by atoms with Gasteiger partial charge in [-0.1, -0.05) is 0 Å². The van der Waals surface area contributed by atoms with E-state index < -0.39 is 0 Å². The first-order chi connectivity index (χ1) is 6.21. The van der Waals surface area contributed by atoms with E-state index in [9.17, 15) is 4.79 Å². The number of likely N-dealkylation sites (tertiary alicyclic amines) is 1. The Morgan fingerprint density at radius 1 is 1.46 bits per heavy atom. The van der Waals surface area contributed by atoms with Gasteiger partial charge in [-0.3, -0.25) is 9.69 Å². The Kier molecular flexibility index (Phi) is 2.12. The van der Waals surface area contributed by atoms with Crippen LogP contribution < -0.4 is 0 Å². The lowest BCUT2D eigenvalue weighted by atomic mass is 10.0. The highest BCUT2D eigenvalue weighted by Gasteiger charge is 2.36. The predicted molar refractivity (Wildman–Crippen MR) is 49.1 cm³/mol. The summed E-state index contributed by atoms with van der Waals surface area (Å²) in [6.45, 7) is 3.77. The summed E-state index contributed by atoms with van der Waals surface area (Å²) in [5, 5.41) is 0. The largest absolute Gasteiger partial charge is 0.480 e. The Bertz CT molecular complexity index is 229. The molecule has 2 rings (SSSR count). The molecule has 1 fully saturated rings. The first-order valence-corrected chi connectivity index (χ1v) is 4.80. The zero-order chi connectivity index (χ0) is 9.31. The van der Waals surface area contributed by atoms with Crippen LogP contribution in [-0.4, -0.2) is 29.5 Å². The number of Topliss-reactive ketones (excluding diaryl/α,β-unsaturated/α-hetero) is 1. The maximum absolute atomic E-state index is 11.0. The van der Waals surface area contributed by atoms with Crippen molar-refractivity contribution in [3.05, 3.63) is 12.3 Å². The molecule has 1 atom stereocenters. The molecule has 1 unspecified atom stereocenters. The molecule has 0 amide bonds. The number of carbonyl (C=O) groups excluding carboxylic acids is 1. The van der Waals surface area contributed by atoms with E-state index in [4.69, 9.17) is 4.74 Å². The molecule has 2 aliphatic heterocycles. The maximum atomic E-state index is 11.0. The lowest BCUT2D eigenvalue weighted by molar-refractivity contribution is -0.130. The third-order valence-electron chi connectivity index (χ3n) is 2.90. The normalized spacial score (nSPS) is 35.0. The molecule has 3 heteroatoms. The van der Waals surface area contributed by atoms with E-state index in [2.05, 4.69) is 11.8 Å². The van der Waals surface area contributed by atoms with Gasteiger partial charge in [0.15, 0.2) is 5.72 Å². The Labute approximate surface area is 78.4 Å². The standard InChI is InChI=1S/C10H15NO2/c1-10(5-2-8-13-10)11-6-3-9(12)4-7-11/h2,8H,3-7H2,1H3. The molecule has 3 nitrogen and oxygen atoms in total. The van der Waals surface area contributed by atoms with Crippen LogP contribution in [0.25, 0.3) is 0 Å². The third-order valence-corrected chi connectivity index (χ3v) is 2.90. The monoisotopic (exact) mass is 181 g/mol. The smallest absolute Gasteiger partial charge is 0.163 e. The Morgan fingerprint density at radius 3 is 2.69 bits per heavy atom. The second kappa shape index (κ2) is 3.14. The van der Waals surface area contributed by atoms with Crippen molar-refractivity contribution in [3.8, 4) is 0 Å². The molecule has 2 heterocycles. The van der Waals surface area contributed by atoms with Gasteiger partial charge in [0.05, 0.1) is 6.26 Å². The van der Waals surface area contributed by atoms with Crippen LogP contribution in [0.5, 0.6) is 0 Å². The Morgan fingerprint density at radius 2 is 2.15 bits per heavy atom. The fourth-order valence-electron chi connectivity index (χ4n) is 1.94. The van der Waals surface area contributed by atoms with E-state index >= 15 is 0 Å². The first kappa shape index (κ1) is 8.75. The van der Waals surface area contributed by atoms with Crippen LogP contribution in [0.4, 0.5) is 0 Å². The molecule has 0 bridgehead atoms. The summed E-state index contributed by atoms with van der Waals surface area (Å²) in [6, 6.07) is 0. The minimum atomic E-state index is -0.180. The summed E-state index contributed by atoms with van der Waals surface area (Å²) >= 11 is 0. The number of ether oxygens (including phenoxy) is 1. The van der Waals surface area contributed by atoms with E-state index in [0.29, 0.717) is 18.6 Å². The highest BCUT2D eigenvalue weighted by molar-refractivity contribution is 5.79. The van der Waals surface area contributed by atoms with Gasteiger partial charge in [0, 0.05) is 32.4 Å². The zero-order valence-electron chi connectivity index (χ0n) is 7.95. The number of hydrogen-bond acceptors (Lipinski definition) is 3. The second-order valence-corrected chi connectivity index (χ2v) is 3.89. The summed E-state index contributed by atoms with van der Waals surface area (Å²) in [7, 11) is 0.